The number of unbranched alkanes of at least 4 members (excludes halogenated alkanes) is 1. The summed E-state index contributed by atoms with van der Waals surface area (Å²) >= 11 is 0. The number of carbonyl (C=O) groups excluding carboxylic acids is 1. The SMILES string of the molecule is CCCCC(CC)COC(=O)C1(C(O)C(C)C)CCNC(C)(C)C1. The lowest BCUT2D eigenvalue weighted by Gasteiger charge is -2.47. The Morgan fingerprint density at radius 2 is 1.96 bits per heavy atom. The van der Waals surface area contributed by atoms with E-state index in [4.69, 9.17) is 4.74 Å². The summed E-state index contributed by atoms with van der Waals surface area (Å²) in [4.78, 5) is 13.0. The van der Waals surface area contributed by atoms with E-state index in [0.717, 1.165) is 19.4 Å². The summed E-state index contributed by atoms with van der Waals surface area (Å²) in [6, 6.07) is 0. The maximum absolute atomic E-state index is 13.0. The van der Waals surface area contributed by atoms with Crippen molar-refractivity contribution in [3.63, 3.8) is 0 Å². The molecule has 0 amide bonds. The summed E-state index contributed by atoms with van der Waals surface area (Å²) in [5.41, 5.74) is -0.953. The van der Waals surface area contributed by atoms with E-state index < -0.39 is 11.5 Å². The van der Waals surface area contributed by atoms with Crippen LogP contribution in [0.1, 0.15) is 80.1 Å². The smallest absolute Gasteiger partial charge is 0.314 e. The van der Waals surface area contributed by atoms with Gasteiger partial charge in [0.1, 0.15) is 0 Å². The zero-order chi connectivity index (χ0) is 18.4. The van der Waals surface area contributed by atoms with Crippen LogP contribution in [-0.2, 0) is 9.53 Å². The number of ether oxygens (including phenoxy) is 1. The van der Waals surface area contributed by atoms with E-state index in [2.05, 4.69) is 33.0 Å². The van der Waals surface area contributed by atoms with E-state index in [0.29, 0.717) is 25.4 Å². The second kappa shape index (κ2) is 9.19. The standard InChI is InChI=1S/C20H39NO3/c1-7-9-10-16(8-2)13-24-18(23)20(17(22)15(3)4)11-12-21-19(5,6)14-20/h15-17,21-22H,7-14H2,1-6H3. The van der Waals surface area contributed by atoms with Crippen LogP contribution in [0, 0.1) is 17.3 Å². The van der Waals surface area contributed by atoms with Crippen LogP contribution in [-0.4, -0.2) is 35.9 Å². The van der Waals surface area contributed by atoms with Crippen LogP contribution in [0.2, 0.25) is 0 Å². The number of carbonyl (C=O) groups is 1. The number of aliphatic hydroxyl groups is 1. The summed E-state index contributed by atoms with van der Waals surface area (Å²) in [7, 11) is 0. The average molecular weight is 342 g/mol. The van der Waals surface area contributed by atoms with E-state index in [9.17, 15) is 9.90 Å². The maximum Gasteiger partial charge on any atom is 0.314 e. The zero-order valence-electron chi connectivity index (χ0n) is 16.7. The molecular weight excluding hydrogens is 302 g/mol. The highest BCUT2D eigenvalue weighted by molar-refractivity contribution is 5.78. The molecule has 1 saturated heterocycles. The van der Waals surface area contributed by atoms with Gasteiger partial charge >= 0.3 is 5.97 Å². The van der Waals surface area contributed by atoms with Crippen LogP contribution in [0.3, 0.4) is 0 Å². The average Bonchev–Trinajstić information content (AvgIpc) is 2.52. The summed E-state index contributed by atoms with van der Waals surface area (Å²) in [5.74, 6) is 0.263. The van der Waals surface area contributed by atoms with Crippen LogP contribution in [0.15, 0.2) is 0 Å². The van der Waals surface area contributed by atoms with E-state index in [-0.39, 0.29) is 17.4 Å². The van der Waals surface area contributed by atoms with Gasteiger partial charge in [-0.05, 0) is 51.5 Å². The first-order valence-corrected chi connectivity index (χ1v) is 9.79. The lowest BCUT2D eigenvalue weighted by molar-refractivity contribution is -0.173. The lowest BCUT2D eigenvalue weighted by Crippen LogP contribution is -2.59. The molecule has 0 aromatic heterocycles. The van der Waals surface area contributed by atoms with Crippen molar-refractivity contribution in [2.75, 3.05) is 13.2 Å². The Bertz CT molecular complexity index is 394. The summed E-state index contributed by atoms with van der Waals surface area (Å²) in [5, 5.41) is 14.3. The molecular formula is C20H39NO3. The van der Waals surface area contributed by atoms with Crippen LogP contribution in [0.5, 0.6) is 0 Å². The Morgan fingerprint density at radius 3 is 2.46 bits per heavy atom. The fourth-order valence-electron chi connectivity index (χ4n) is 3.98. The molecule has 1 aliphatic heterocycles. The number of esters is 1. The minimum atomic E-state index is -0.786. The molecule has 24 heavy (non-hydrogen) atoms. The molecule has 0 aromatic carbocycles. The molecule has 1 fully saturated rings. The predicted octanol–water partition coefficient (Wildman–Crippen LogP) is 3.91. The van der Waals surface area contributed by atoms with Gasteiger partial charge < -0.3 is 15.2 Å². The zero-order valence-corrected chi connectivity index (χ0v) is 16.7. The Kier molecular flexibility index (Phi) is 8.21. The molecule has 0 aromatic rings. The third-order valence-corrected chi connectivity index (χ3v) is 5.53. The van der Waals surface area contributed by atoms with Crippen molar-refractivity contribution in [3.8, 4) is 0 Å². The van der Waals surface area contributed by atoms with E-state index >= 15 is 0 Å². The Labute approximate surface area is 148 Å². The van der Waals surface area contributed by atoms with Gasteiger partial charge in [-0.2, -0.15) is 0 Å². The van der Waals surface area contributed by atoms with E-state index in [1.54, 1.807) is 0 Å². The van der Waals surface area contributed by atoms with Crippen molar-refractivity contribution in [3.05, 3.63) is 0 Å². The monoisotopic (exact) mass is 341 g/mol. The molecule has 4 nitrogen and oxygen atoms in total. The quantitative estimate of drug-likeness (QED) is 0.624. The summed E-state index contributed by atoms with van der Waals surface area (Å²) in [6.07, 6.45) is 5.06. The Morgan fingerprint density at radius 1 is 1.29 bits per heavy atom. The summed E-state index contributed by atoms with van der Waals surface area (Å²) < 4.78 is 5.77. The van der Waals surface area contributed by atoms with Crippen LogP contribution >= 0.6 is 0 Å². The number of nitrogens with one attached hydrogen (secondary N) is 1. The van der Waals surface area contributed by atoms with Gasteiger partial charge in [0, 0.05) is 5.54 Å². The van der Waals surface area contributed by atoms with Crippen LogP contribution in [0.25, 0.3) is 0 Å². The first kappa shape index (κ1) is 21.4. The molecule has 0 radical (unpaired) electrons. The molecule has 1 aliphatic rings. The largest absolute Gasteiger partial charge is 0.465 e. The minimum Gasteiger partial charge on any atom is -0.465 e. The maximum atomic E-state index is 13.0. The molecule has 0 aliphatic carbocycles. The first-order chi connectivity index (χ1) is 11.2. The van der Waals surface area contributed by atoms with Crippen molar-refractivity contribution >= 4 is 5.97 Å². The number of hydrogen-bond acceptors (Lipinski definition) is 4. The lowest BCUT2D eigenvalue weighted by atomic mass is 9.65. The fourth-order valence-corrected chi connectivity index (χ4v) is 3.98. The third kappa shape index (κ3) is 5.45. The minimum absolute atomic E-state index is 0.0357. The highest BCUT2D eigenvalue weighted by Gasteiger charge is 2.52. The number of aliphatic hydroxyl groups excluding tert-OH is 1. The van der Waals surface area contributed by atoms with E-state index in [1.165, 1.54) is 12.8 Å². The first-order valence-electron chi connectivity index (χ1n) is 9.79. The summed E-state index contributed by atoms with van der Waals surface area (Å²) in [6.45, 7) is 13.7. The molecule has 1 heterocycles. The highest BCUT2D eigenvalue weighted by Crippen LogP contribution is 2.42. The van der Waals surface area contributed by atoms with Crippen molar-refractivity contribution in [2.45, 2.75) is 91.7 Å². The van der Waals surface area contributed by atoms with Gasteiger partial charge in [0.25, 0.3) is 0 Å². The molecule has 0 bridgehead atoms. The van der Waals surface area contributed by atoms with Crippen LogP contribution < -0.4 is 5.32 Å². The van der Waals surface area contributed by atoms with Crippen molar-refractivity contribution in [1.29, 1.82) is 0 Å². The number of piperidine rings is 1. The molecule has 3 atom stereocenters. The molecule has 0 spiro atoms. The van der Waals surface area contributed by atoms with Gasteiger partial charge in [-0.1, -0.05) is 47.0 Å². The van der Waals surface area contributed by atoms with Gasteiger partial charge in [0.15, 0.2) is 0 Å². The van der Waals surface area contributed by atoms with E-state index in [1.807, 2.05) is 13.8 Å². The molecule has 2 N–H and O–H groups in total. The van der Waals surface area contributed by atoms with Crippen LogP contribution in [0.4, 0.5) is 0 Å². The third-order valence-electron chi connectivity index (χ3n) is 5.53. The van der Waals surface area contributed by atoms with Crippen molar-refractivity contribution in [2.24, 2.45) is 17.3 Å². The Balaban J connectivity index is 2.85. The number of hydrogen-bond donors (Lipinski definition) is 2. The predicted molar refractivity (Wildman–Crippen MR) is 98.9 cm³/mol. The van der Waals surface area contributed by atoms with Gasteiger partial charge in [-0.15, -0.1) is 0 Å². The van der Waals surface area contributed by atoms with Gasteiger partial charge in [-0.3, -0.25) is 4.79 Å². The second-order valence-corrected chi connectivity index (χ2v) is 8.60. The van der Waals surface area contributed by atoms with Gasteiger partial charge in [0.05, 0.1) is 18.1 Å². The Hall–Kier alpha value is -0.610. The topological polar surface area (TPSA) is 58.6 Å². The molecule has 4 heteroatoms. The van der Waals surface area contributed by atoms with Gasteiger partial charge in [-0.25, -0.2) is 0 Å². The molecule has 0 saturated carbocycles. The highest BCUT2D eigenvalue weighted by atomic mass is 16.5. The molecule has 142 valence electrons. The molecule has 1 rings (SSSR count). The second-order valence-electron chi connectivity index (χ2n) is 8.60. The van der Waals surface area contributed by atoms with Crippen molar-refractivity contribution in [1.82, 2.24) is 5.32 Å². The molecule has 3 unspecified atom stereocenters. The number of rotatable bonds is 9. The van der Waals surface area contributed by atoms with Crippen molar-refractivity contribution < 1.29 is 14.6 Å². The fraction of sp³-hybridized carbons (Fsp3) is 0.950. The normalized spacial score (nSPS) is 26.2. The van der Waals surface area contributed by atoms with Gasteiger partial charge in [0.2, 0.25) is 0 Å².